The molecule has 0 aromatic rings. The predicted octanol–water partition coefficient (Wildman–Crippen LogP) is -0.0216. The standard InChI is InChI=1S/H4N2O2S2/c1-3-5-6-4-2/h1-2H2. The van der Waals surface area contributed by atoms with Crippen molar-refractivity contribution in [2.75, 3.05) is 0 Å². The van der Waals surface area contributed by atoms with Gasteiger partial charge in [-0.2, -0.15) is 0 Å². The number of hydrogen-bond acceptors (Lipinski definition) is 6. The fourth-order valence-corrected chi connectivity index (χ4v) is 0.289. The van der Waals surface area contributed by atoms with Gasteiger partial charge in [-0.3, -0.25) is 0 Å². The Hall–Kier alpha value is 0.540. The van der Waals surface area contributed by atoms with Crippen LogP contribution in [0.1, 0.15) is 0 Å². The number of nitrogens with two attached hydrogens (primary N) is 2. The molecular weight excluding hydrogens is 124 g/mol. The molecule has 6 heavy (non-hydrogen) atoms. The molecule has 0 aromatic carbocycles. The van der Waals surface area contributed by atoms with Crippen LogP contribution < -0.4 is 11.8 Å². The van der Waals surface area contributed by atoms with E-state index >= 15 is 0 Å². The van der Waals surface area contributed by atoms with Gasteiger partial charge in [0, 0.05) is 0 Å². The van der Waals surface area contributed by atoms with Crippen molar-refractivity contribution >= 4 is 22.1 Å². The predicted molar refractivity (Wildman–Crippen MR) is 25.7 cm³/mol. The zero-order valence-electron chi connectivity index (χ0n) is 2.79. The minimum absolute atomic E-state index is 0.855. The fourth-order valence-electron chi connectivity index (χ4n) is 0.0321. The lowest BCUT2D eigenvalue weighted by Crippen LogP contribution is -1.88. The van der Waals surface area contributed by atoms with Gasteiger partial charge in [-0.1, -0.05) is 0 Å². The molecule has 0 saturated carbocycles. The molecular formula is H4N2O2S2. The summed E-state index contributed by atoms with van der Waals surface area (Å²) < 4.78 is 7.91. The molecule has 0 aliphatic carbocycles. The summed E-state index contributed by atoms with van der Waals surface area (Å²) in [4.78, 5) is 0. The summed E-state index contributed by atoms with van der Waals surface area (Å²) in [6.07, 6.45) is 0. The topological polar surface area (TPSA) is 70.5 Å². The molecule has 38 valence electrons. The van der Waals surface area contributed by atoms with Crippen LogP contribution >= 0.6 is 22.1 Å². The molecule has 0 amide bonds. The highest BCUT2D eigenvalue weighted by Crippen LogP contribution is 2.17. The largest absolute Gasteiger partial charge is 0.220 e. The highest BCUT2D eigenvalue weighted by Gasteiger charge is 1.79. The molecule has 0 unspecified atom stereocenters. The Morgan fingerprint density at radius 3 is 1.50 bits per heavy atom. The Morgan fingerprint density at radius 1 is 1.00 bits per heavy atom. The van der Waals surface area contributed by atoms with E-state index in [-0.39, 0.29) is 0 Å². The third-order valence-corrected chi connectivity index (χ3v) is 0.957. The van der Waals surface area contributed by atoms with E-state index in [0.717, 1.165) is 22.1 Å². The van der Waals surface area contributed by atoms with Crippen molar-refractivity contribution in [3.05, 3.63) is 0 Å². The molecule has 0 rings (SSSR count). The third kappa shape index (κ3) is 4.54. The molecule has 0 atom stereocenters. The molecule has 0 bridgehead atoms. The van der Waals surface area contributed by atoms with Crippen LogP contribution in [0.5, 0.6) is 0 Å². The SMILES string of the molecule is NOSSON. The summed E-state index contributed by atoms with van der Waals surface area (Å²) in [5.41, 5.74) is 0. The minimum atomic E-state index is 0.855. The Kier molecular flexibility index (Phi) is 6.04. The minimum Gasteiger partial charge on any atom is -0.220 e. The molecule has 0 aliphatic heterocycles. The van der Waals surface area contributed by atoms with Crippen molar-refractivity contribution in [1.29, 1.82) is 0 Å². The normalized spacial score (nSPS) is 9.00. The second-order valence-electron chi connectivity index (χ2n) is 0.329. The molecule has 0 fully saturated rings. The van der Waals surface area contributed by atoms with Crippen molar-refractivity contribution < 1.29 is 8.57 Å². The van der Waals surface area contributed by atoms with Crippen molar-refractivity contribution in [1.82, 2.24) is 0 Å². The van der Waals surface area contributed by atoms with Crippen molar-refractivity contribution in [3.8, 4) is 0 Å². The zero-order valence-corrected chi connectivity index (χ0v) is 4.42. The summed E-state index contributed by atoms with van der Waals surface area (Å²) in [6, 6.07) is 0. The lowest BCUT2D eigenvalue weighted by atomic mass is 13.6. The van der Waals surface area contributed by atoms with E-state index in [0.29, 0.717) is 0 Å². The molecule has 0 saturated heterocycles. The molecule has 6 heteroatoms. The van der Waals surface area contributed by atoms with Gasteiger partial charge in [0.2, 0.25) is 0 Å². The van der Waals surface area contributed by atoms with Crippen LogP contribution in [-0.4, -0.2) is 0 Å². The Bertz CT molecular complexity index is 21.5. The van der Waals surface area contributed by atoms with E-state index in [9.17, 15) is 0 Å². The Balaban J connectivity index is 2.34. The third-order valence-electron chi connectivity index (χ3n) is 0.106. The van der Waals surface area contributed by atoms with Gasteiger partial charge in [0.1, 0.15) is 22.1 Å². The monoisotopic (exact) mass is 128 g/mol. The van der Waals surface area contributed by atoms with E-state index < -0.39 is 0 Å². The maximum Gasteiger partial charge on any atom is 0.117 e. The second kappa shape index (κ2) is 5.54. The number of hydrogen-bond donors (Lipinski definition) is 2. The molecule has 4 nitrogen and oxygen atoms in total. The maximum absolute atomic E-state index is 4.52. The first kappa shape index (κ1) is 6.54. The van der Waals surface area contributed by atoms with Crippen molar-refractivity contribution in [2.24, 2.45) is 11.8 Å². The van der Waals surface area contributed by atoms with Crippen LogP contribution in [0.25, 0.3) is 0 Å². The maximum atomic E-state index is 4.52. The second-order valence-corrected chi connectivity index (χ2v) is 1.80. The highest BCUT2D eigenvalue weighted by molar-refractivity contribution is 8.72. The molecule has 0 aliphatic rings. The van der Waals surface area contributed by atoms with Crippen LogP contribution in [0.3, 0.4) is 0 Å². The molecule has 0 spiro atoms. The molecule has 0 radical (unpaired) electrons. The van der Waals surface area contributed by atoms with E-state index in [1.165, 1.54) is 0 Å². The summed E-state index contributed by atoms with van der Waals surface area (Å²) in [7, 11) is 0. The highest BCUT2D eigenvalue weighted by atomic mass is 33.1. The van der Waals surface area contributed by atoms with Crippen molar-refractivity contribution in [2.45, 2.75) is 0 Å². The van der Waals surface area contributed by atoms with Crippen LogP contribution in [0.15, 0.2) is 0 Å². The van der Waals surface area contributed by atoms with Crippen LogP contribution in [0.4, 0.5) is 0 Å². The van der Waals surface area contributed by atoms with Crippen LogP contribution in [0.2, 0.25) is 0 Å². The number of rotatable bonds is 3. The first-order chi connectivity index (χ1) is 2.91. The average molecular weight is 128 g/mol. The summed E-state index contributed by atoms with van der Waals surface area (Å²) in [5, 5.41) is 0. The lowest BCUT2D eigenvalue weighted by Gasteiger charge is -1.85. The zero-order chi connectivity index (χ0) is 4.83. The van der Waals surface area contributed by atoms with Gasteiger partial charge in [0.05, 0.1) is 0 Å². The Morgan fingerprint density at radius 2 is 1.33 bits per heavy atom. The van der Waals surface area contributed by atoms with E-state index in [1.807, 2.05) is 0 Å². The van der Waals surface area contributed by atoms with Gasteiger partial charge in [-0.25, -0.2) is 20.4 Å². The summed E-state index contributed by atoms with van der Waals surface area (Å²) in [6.45, 7) is 0. The van der Waals surface area contributed by atoms with Crippen LogP contribution in [0, 0.1) is 0 Å². The Labute approximate surface area is 43.3 Å². The van der Waals surface area contributed by atoms with Crippen molar-refractivity contribution in [3.63, 3.8) is 0 Å². The first-order valence-electron chi connectivity index (χ1n) is 0.971. The first-order valence-corrected chi connectivity index (χ1v) is 2.97. The van der Waals surface area contributed by atoms with Gasteiger partial charge in [0.15, 0.2) is 0 Å². The van der Waals surface area contributed by atoms with E-state index in [2.05, 4.69) is 20.4 Å². The van der Waals surface area contributed by atoms with Gasteiger partial charge >= 0.3 is 0 Å². The molecule has 0 heterocycles. The van der Waals surface area contributed by atoms with Gasteiger partial charge in [-0.15, -0.1) is 0 Å². The van der Waals surface area contributed by atoms with E-state index in [1.54, 1.807) is 0 Å². The quantitative estimate of drug-likeness (QED) is 0.241. The van der Waals surface area contributed by atoms with Gasteiger partial charge < -0.3 is 0 Å². The summed E-state index contributed by atoms with van der Waals surface area (Å²) in [5.74, 6) is 9.04. The summed E-state index contributed by atoms with van der Waals surface area (Å²) >= 11 is 1.71. The van der Waals surface area contributed by atoms with Crippen LogP contribution in [-0.2, 0) is 8.57 Å². The molecule has 4 N–H and O–H groups in total. The smallest absolute Gasteiger partial charge is 0.117 e. The molecule has 0 aromatic heterocycles. The lowest BCUT2D eigenvalue weighted by molar-refractivity contribution is 0.390. The van der Waals surface area contributed by atoms with Gasteiger partial charge in [0.25, 0.3) is 0 Å². The average Bonchev–Trinajstić information content (AvgIpc) is 1.61. The van der Waals surface area contributed by atoms with E-state index in [4.69, 9.17) is 0 Å². The fraction of sp³-hybridized carbons (Fsp3) is 0. The van der Waals surface area contributed by atoms with Gasteiger partial charge in [-0.05, 0) is 0 Å².